The van der Waals surface area contributed by atoms with E-state index >= 15 is 0 Å². The topological polar surface area (TPSA) is 136 Å². The number of ether oxygens (including phenoxy) is 2. The molecule has 0 bridgehead atoms. The summed E-state index contributed by atoms with van der Waals surface area (Å²) in [6.45, 7) is 1.11. The van der Waals surface area contributed by atoms with Crippen LogP contribution in [-0.4, -0.2) is 42.8 Å². The number of benzene rings is 2. The van der Waals surface area contributed by atoms with E-state index in [1.807, 2.05) is 6.07 Å². The lowest BCUT2D eigenvalue weighted by Gasteiger charge is -2.31. The average molecular weight is 551 g/mol. The number of likely N-dealkylation sites (tertiary alicyclic amines) is 1. The smallest absolute Gasteiger partial charge is 0.331 e. The van der Waals surface area contributed by atoms with Crippen molar-refractivity contribution in [3.05, 3.63) is 80.5 Å². The van der Waals surface area contributed by atoms with Crippen molar-refractivity contribution in [3.63, 3.8) is 0 Å². The third kappa shape index (κ3) is 4.82. The lowest BCUT2D eigenvalue weighted by atomic mass is 9.93. The van der Waals surface area contributed by atoms with Gasteiger partial charge >= 0.3 is 10.1 Å². The zero-order valence-electron chi connectivity index (χ0n) is 18.1. The van der Waals surface area contributed by atoms with Crippen LogP contribution >= 0.6 is 15.9 Å². The summed E-state index contributed by atoms with van der Waals surface area (Å²) in [6.07, 6.45) is 3.58. The van der Waals surface area contributed by atoms with Crippen LogP contribution in [0.1, 0.15) is 51.1 Å². The largest absolute Gasteiger partial charge is 0.451 e. The van der Waals surface area contributed by atoms with E-state index in [2.05, 4.69) is 15.9 Å². The van der Waals surface area contributed by atoms with Crippen molar-refractivity contribution in [2.45, 2.75) is 31.5 Å². The summed E-state index contributed by atoms with van der Waals surface area (Å²) in [4.78, 5) is 27.2. The maximum atomic E-state index is 13.4. The molecule has 2 aromatic carbocycles. The minimum absolute atomic E-state index is 0.0158. The van der Waals surface area contributed by atoms with Crippen LogP contribution in [0, 0.1) is 0 Å². The fourth-order valence-electron chi connectivity index (χ4n) is 4.14. The maximum absolute atomic E-state index is 13.4. The molecule has 0 spiro atoms. The van der Waals surface area contributed by atoms with Crippen LogP contribution < -0.4 is 5.73 Å². The highest BCUT2D eigenvalue weighted by atomic mass is 79.9. The molecular formula is C23H23BrN2O7S. The Labute approximate surface area is 205 Å². The molecule has 1 fully saturated rings. The number of carbonyl (C=O) groups is 2. The lowest BCUT2D eigenvalue weighted by Crippen LogP contribution is -2.38. The molecule has 1 atom stereocenters. The van der Waals surface area contributed by atoms with E-state index in [1.165, 1.54) is 12.1 Å². The van der Waals surface area contributed by atoms with Gasteiger partial charge in [-0.25, -0.2) is 0 Å². The van der Waals surface area contributed by atoms with Gasteiger partial charge < -0.3 is 20.1 Å². The van der Waals surface area contributed by atoms with Crippen LogP contribution in [0.15, 0.2) is 58.3 Å². The van der Waals surface area contributed by atoms with Gasteiger partial charge in [-0.1, -0.05) is 46.3 Å². The molecule has 2 amide bonds. The fourth-order valence-corrected chi connectivity index (χ4v) is 5.19. The van der Waals surface area contributed by atoms with Crippen LogP contribution in [0.2, 0.25) is 0 Å². The first kappa shape index (κ1) is 24.2. The lowest BCUT2D eigenvalue weighted by molar-refractivity contribution is -0.152. The number of hydrogen-bond donors (Lipinski definition) is 2. The Bertz CT molecular complexity index is 1260. The number of halogens is 1. The summed E-state index contributed by atoms with van der Waals surface area (Å²) >= 11 is 3.40. The predicted octanol–water partition coefficient (Wildman–Crippen LogP) is 3.30. The zero-order valence-corrected chi connectivity index (χ0v) is 20.5. The second kappa shape index (κ2) is 9.40. The first-order chi connectivity index (χ1) is 16.1. The van der Waals surface area contributed by atoms with Crippen molar-refractivity contribution in [2.24, 2.45) is 5.73 Å². The number of nitrogens with zero attached hydrogens (tertiary/aromatic N) is 1. The summed E-state index contributed by atoms with van der Waals surface area (Å²) < 4.78 is 44.8. The fraction of sp³-hybridized carbons (Fsp3) is 0.304. The van der Waals surface area contributed by atoms with E-state index in [4.69, 9.17) is 15.2 Å². The molecule has 3 N–H and O–H groups in total. The zero-order chi connectivity index (χ0) is 24.5. The molecule has 2 heterocycles. The summed E-state index contributed by atoms with van der Waals surface area (Å²) in [7, 11) is -4.70. The molecule has 0 radical (unpaired) electrons. The van der Waals surface area contributed by atoms with E-state index < -0.39 is 26.9 Å². The molecule has 1 saturated heterocycles. The minimum Gasteiger partial charge on any atom is -0.451 e. The molecule has 180 valence electrons. The second-order valence-electron chi connectivity index (χ2n) is 8.14. The van der Waals surface area contributed by atoms with Gasteiger partial charge in [0.25, 0.3) is 16.8 Å². The number of nitrogens with two attached hydrogens (primary N) is 1. The first-order valence-corrected chi connectivity index (χ1v) is 12.9. The molecule has 4 rings (SSSR count). The van der Waals surface area contributed by atoms with Crippen molar-refractivity contribution in [1.82, 2.24) is 4.90 Å². The van der Waals surface area contributed by atoms with Gasteiger partial charge in [0.2, 0.25) is 5.91 Å². The van der Waals surface area contributed by atoms with Crippen LogP contribution in [0.4, 0.5) is 0 Å². The number of piperidine rings is 1. The summed E-state index contributed by atoms with van der Waals surface area (Å²) in [6, 6.07) is 11.8. The van der Waals surface area contributed by atoms with E-state index in [0.717, 1.165) is 31.1 Å². The number of rotatable bonds is 6. The molecule has 9 nitrogen and oxygen atoms in total. The van der Waals surface area contributed by atoms with Gasteiger partial charge in [-0.2, -0.15) is 8.42 Å². The van der Waals surface area contributed by atoms with Crippen molar-refractivity contribution in [2.75, 3.05) is 13.1 Å². The molecule has 2 aliphatic heterocycles. The summed E-state index contributed by atoms with van der Waals surface area (Å²) in [5, 5.41) is -0.766. The Hall–Kier alpha value is -2.89. The van der Waals surface area contributed by atoms with Gasteiger partial charge in [0, 0.05) is 17.6 Å². The van der Waals surface area contributed by atoms with Crippen LogP contribution in [0.25, 0.3) is 0 Å². The van der Waals surface area contributed by atoms with Crippen molar-refractivity contribution >= 4 is 37.9 Å². The Balaban J connectivity index is 1.84. The first-order valence-electron chi connectivity index (χ1n) is 10.6. The molecule has 34 heavy (non-hydrogen) atoms. The third-order valence-corrected chi connectivity index (χ3v) is 7.15. The Morgan fingerprint density at radius 3 is 2.35 bits per heavy atom. The van der Waals surface area contributed by atoms with Crippen LogP contribution in [-0.2, 0) is 31.8 Å². The summed E-state index contributed by atoms with van der Waals surface area (Å²) in [5.74, 6) is -2.88. The van der Waals surface area contributed by atoms with Gasteiger partial charge in [0.1, 0.15) is 6.26 Å². The molecule has 0 aliphatic carbocycles. The monoisotopic (exact) mass is 550 g/mol. The molecule has 2 aromatic rings. The van der Waals surface area contributed by atoms with Crippen LogP contribution in [0.3, 0.4) is 0 Å². The van der Waals surface area contributed by atoms with Crippen molar-refractivity contribution < 1.29 is 32.0 Å². The van der Waals surface area contributed by atoms with Gasteiger partial charge in [-0.3, -0.25) is 14.1 Å². The van der Waals surface area contributed by atoms with E-state index in [9.17, 15) is 22.6 Å². The van der Waals surface area contributed by atoms with E-state index in [1.54, 1.807) is 29.2 Å². The molecule has 2 aliphatic rings. The average Bonchev–Trinajstić information content (AvgIpc) is 3.25. The number of hydrogen-bond acceptors (Lipinski definition) is 6. The highest BCUT2D eigenvalue weighted by molar-refractivity contribution is 9.10. The normalized spacial score (nSPS) is 20.3. The second-order valence-corrected chi connectivity index (χ2v) is 10.3. The molecule has 1 unspecified atom stereocenters. The molecule has 0 aromatic heterocycles. The molecular weight excluding hydrogens is 528 g/mol. The van der Waals surface area contributed by atoms with Gasteiger partial charge in [0.15, 0.2) is 0 Å². The number of amides is 2. The third-order valence-electron chi connectivity index (χ3n) is 5.80. The Morgan fingerprint density at radius 2 is 1.76 bits per heavy atom. The molecule has 0 saturated carbocycles. The van der Waals surface area contributed by atoms with Gasteiger partial charge in [-0.15, -0.1) is 0 Å². The number of carbonyl (C=O) groups excluding carboxylic acids is 2. The predicted molar refractivity (Wildman–Crippen MR) is 126 cm³/mol. The maximum Gasteiger partial charge on any atom is 0.331 e. The Morgan fingerprint density at radius 1 is 1.09 bits per heavy atom. The quantitative estimate of drug-likeness (QED) is 0.526. The Kier molecular flexibility index (Phi) is 6.70. The van der Waals surface area contributed by atoms with E-state index in [-0.39, 0.29) is 29.0 Å². The minimum atomic E-state index is -4.70. The van der Waals surface area contributed by atoms with Gasteiger partial charge in [0.05, 0.1) is 23.1 Å². The molecule has 11 heteroatoms. The van der Waals surface area contributed by atoms with E-state index in [0.29, 0.717) is 17.6 Å². The standard InChI is InChI=1S/C23H23BrN2O7S/c24-19-12-16(21(25)27)17(22(28)26-9-5-2-6-10-26)11-18(19)23(13-15-7-3-1-4-8-15)32-14-20(33-23)34(29,30)31/h1,3-4,7-8,11-12,14H,2,5-6,9-10,13H2,(H2,25,27)(H,29,30,31). The number of primary amides is 1. The highest BCUT2D eigenvalue weighted by Gasteiger charge is 2.46. The van der Waals surface area contributed by atoms with Gasteiger partial charge in [-0.05, 0) is 37.0 Å². The van der Waals surface area contributed by atoms with Crippen LogP contribution in [0.5, 0.6) is 0 Å². The van der Waals surface area contributed by atoms with Crippen molar-refractivity contribution in [3.8, 4) is 0 Å². The summed E-state index contributed by atoms with van der Waals surface area (Å²) in [5.41, 5.74) is 6.65. The highest BCUT2D eigenvalue weighted by Crippen LogP contribution is 2.44. The SMILES string of the molecule is NC(=O)c1cc(Br)c(C2(Cc3ccccc3)OC=C(S(=O)(=O)O)O2)cc1C(=O)N1CCCCC1. The van der Waals surface area contributed by atoms with Crippen molar-refractivity contribution in [1.29, 1.82) is 0 Å².